The summed E-state index contributed by atoms with van der Waals surface area (Å²) in [5, 5.41) is 9.63. The van der Waals surface area contributed by atoms with Crippen LogP contribution < -0.4 is 9.47 Å². The zero-order valence-electron chi connectivity index (χ0n) is 22.2. The topological polar surface area (TPSA) is 65.0 Å². The Balaban J connectivity index is 1.56. The average Bonchev–Trinajstić information content (AvgIpc) is 3.27. The lowest BCUT2D eigenvalue weighted by atomic mass is 9.68. The number of ether oxygens (including phenoxy) is 3. The summed E-state index contributed by atoms with van der Waals surface area (Å²) in [6, 6.07) is 33.4. The molecule has 0 aromatic heterocycles. The van der Waals surface area contributed by atoms with Crippen LogP contribution in [-0.4, -0.2) is 36.5 Å². The van der Waals surface area contributed by atoms with Gasteiger partial charge in [0, 0.05) is 6.08 Å². The Morgan fingerprint density at radius 2 is 1.23 bits per heavy atom. The number of carbonyl (C=O) groups is 1. The molecule has 5 nitrogen and oxygen atoms in total. The number of esters is 1. The van der Waals surface area contributed by atoms with Crippen molar-refractivity contribution in [2.24, 2.45) is 0 Å². The van der Waals surface area contributed by atoms with E-state index in [2.05, 4.69) is 79.4 Å². The second-order valence-electron chi connectivity index (χ2n) is 9.81. The number of hydrogen-bond acceptors (Lipinski definition) is 5. The fraction of sp³-hybridized carbons (Fsp3) is 0.206. The van der Waals surface area contributed by atoms with Crippen LogP contribution in [0, 0.1) is 0 Å². The number of fused-ring (bicyclic) bond motifs is 3. The van der Waals surface area contributed by atoms with E-state index in [-0.39, 0.29) is 13.2 Å². The molecule has 0 spiro atoms. The molecule has 4 aromatic rings. The molecule has 0 saturated carbocycles. The van der Waals surface area contributed by atoms with Crippen LogP contribution in [0.15, 0.2) is 110 Å². The quantitative estimate of drug-likeness (QED) is 0.173. The summed E-state index contributed by atoms with van der Waals surface area (Å²) in [5.41, 5.74) is 6.52. The first-order chi connectivity index (χ1) is 18.9. The van der Waals surface area contributed by atoms with E-state index in [4.69, 9.17) is 14.2 Å². The molecule has 0 saturated heterocycles. The maximum absolute atomic E-state index is 11.5. The lowest BCUT2D eigenvalue weighted by Gasteiger charge is -2.34. The van der Waals surface area contributed by atoms with E-state index in [9.17, 15) is 9.90 Å². The van der Waals surface area contributed by atoms with Gasteiger partial charge in [-0.3, -0.25) is 0 Å². The van der Waals surface area contributed by atoms with Crippen molar-refractivity contribution in [3.63, 3.8) is 0 Å². The van der Waals surface area contributed by atoms with Crippen LogP contribution in [0.1, 0.15) is 36.1 Å². The predicted octanol–water partition coefficient (Wildman–Crippen LogP) is 6.31. The van der Waals surface area contributed by atoms with Gasteiger partial charge in [0.2, 0.25) is 0 Å². The summed E-state index contributed by atoms with van der Waals surface area (Å²) < 4.78 is 16.9. The van der Waals surface area contributed by atoms with Crippen LogP contribution >= 0.6 is 0 Å². The SMILES string of the molecule is C=CC(=O)OC(C)COc1ccc(C2(c3ccc(OCC(C)O)cc3)c3ccccc3-c3ccccc32)cc1. The average molecular weight is 521 g/mol. The molecule has 1 N–H and O–H groups in total. The van der Waals surface area contributed by atoms with Crippen LogP contribution in [0.3, 0.4) is 0 Å². The van der Waals surface area contributed by atoms with Gasteiger partial charge in [-0.25, -0.2) is 4.79 Å². The summed E-state index contributed by atoms with van der Waals surface area (Å²) in [6.45, 7) is 7.40. The molecule has 198 valence electrons. The van der Waals surface area contributed by atoms with Gasteiger partial charge < -0.3 is 19.3 Å². The van der Waals surface area contributed by atoms with Crippen molar-refractivity contribution in [1.82, 2.24) is 0 Å². The first-order valence-corrected chi connectivity index (χ1v) is 13.1. The third kappa shape index (κ3) is 5.06. The van der Waals surface area contributed by atoms with Gasteiger partial charge in [-0.2, -0.15) is 0 Å². The minimum Gasteiger partial charge on any atom is -0.491 e. The molecule has 0 heterocycles. The predicted molar refractivity (Wildman–Crippen MR) is 152 cm³/mol. The zero-order chi connectivity index (χ0) is 27.4. The number of hydrogen-bond donors (Lipinski definition) is 1. The van der Waals surface area contributed by atoms with Crippen molar-refractivity contribution in [2.75, 3.05) is 13.2 Å². The second kappa shape index (κ2) is 11.2. The Bertz CT molecular complexity index is 1410. The molecule has 0 radical (unpaired) electrons. The van der Waals surface area contributed by atoms with Gasteiger partial charge in [-0.15, -0.1) is 0 Å². The Kier molecular flexibility index (Phi) is 7.53. The van der Waals surface area contributed by atoms with E-state index >= 15 is 0 Å². The van der Waals surface area contributed by atoms with E-state index in [0.717, 1.165) is 17.2 Å². The lowest BCUT2D eigenvalue weighted by molar-refractivity contribution is -0.143. The summed E-state index contributed by atoms with van der Waals surface area (Å²) in [4.78, 5) is 11.5. The Labute approximate surface area is 229 Å². The van der Waals surface area contributed by atoms with Gasteiger partial charge in [-0.05, 0) is 71.5 Å². The van der Waals surface area contributed by atoms with Gasteiger partial charge in [-0.1, -0.05) is 79.4 Å². The molecule has 4 aromatic carbocycles. The van der Waals surface area contributed by atoms with E-state index in [1.807, 2.05) is 24.3 Å². The molecule has 0 aliphatic heterocycles. The fourth-order valence-electron chi connectivity index (χ4n) is 5.34. The van der Waals surface area contributed by atoms with Crippen molar-refractivity contribution < 1.29 is 24.1 Å². The van der Waals surface area contributed by atoms with Gasteiger partial charge in [0.15, 0.2) is 0 Å². The minimum atomic E-state index is -0.540. The van der Waals surface area contributed by atoms with Crippen molar-refractivity contribution in [3.05, 3.63) is 132 Å². The smallest absolute Gasteiger partial charge is 0.330 e. The highest BCUT2D eigenvalue weighted by Crippen LogP contribution is 2.56. The van der Waals surface area contributed by atoms with Gasteiger partial charge in [0.1, 0.15) is 30.8 Å². The highest BCUT2D eigenvalue weighted by molar-refractivity contribution is 5.86. The van der Waals surface area contributed by atoms with Crippen molar-refractivity contribution >= 4 is 5.97 Å². The normalized spacial score (nSPS) is 14.4. The maximum Gasteiger partial charge on any atom is 0.330 e. The third-order valence-corrected chi connectivity index (χ3v) is 6.99. The maximum atomic E-state index is 11.5. The first kappa shape index (κ1) is 26.3. The highest BCUT2D eigenvalue weighted by atomic mass is 16.6. The Hall–Kier alpha value is -4.35. The molecular formula is C34H32O5. The molecule has 1 aliphatic rings. The van der Waals surface area contributed by atoms with Crippen molar-refractivity contribution in [1.29, 1.82) is 0 Å². The van der Waals surface area contributed by atoms with Crippen molar-refractivity contribution in [3.8, 4) is 22.6 Å². The van der Waals surface area contributed by atoms with E-state index in [1.54, 1.807) is 13.8 Å². The van der Waals surface area contributed by atoms with Crippen LogP contribution in [0.4, 0.5) is 0 Å². The van der Waals surface area contributed by atoms with Crippen molar-refractivity contribution in [2.45, 2.75) is 31.5 Å². The fourth-order valence-corrected chi connectivity index (χ4v) is 5.34. The van der Waals surface area contributed by atoms with Gasteiger partial charge in [0.25, 0.3) is 0 Å². The summed E-state index contributed by atoms with van der Waals surface area (Å²) in [5.74, 6) is 0.936. The third-order valence-electron chi connectivity index (χ3n) is 6.99. The minimum absolute atomic E-state index is 0.239. The number of benzene rings is 4. The highest BCUT2D eigenvalue weighted by Gasteiger charge is 2.45. The molecule has 5 heteroatoms. The lowest BCUT2D eigenvalue weighted by Crippen LogP contribution is -2.28. The molecule has 39 heavy (non-hydrogen) atoms. The largest absolute Gasteiger partial charge is 0.491 e. The van der Waals surface area contributed by atoms with E-state index < -0.39 is 23.6 Å². The van der Waals surface area contributed by atoms with Gasteiger partial charge >= 0.3 is 5.97 Å². The molecule has 0 bridgehead atoms. The molecule has 0 amide bonds. The Morgan fingerprint density at radius 1 is 0.769 bits per heavy atom. The molecule has 2 unspecified atom stereocenters. The van der Waals surface area contributed by atoms with Crippen LogP contribution in [-0.2, 0) is 14.9 Å². The van der Waals surface area contributed by atoms with E-state index in [1.165, 1.54) is 22.3 Å². The standard InChI is InChI=1S/C34H32O5/c1-4-33(36)39-24(3)22-38-28-19-15-26(16-20-28)34(25-13-17-27(18-14-25)37-21-23(2)35)31-11-7-5-9-29(31)30-10-6-8-12-32(30)34/h4-20,23-24,35H,1,21-22H2,2-3H3. The number of aliphatic hydroxyl groups is 1. The van der Waals surface area contributed by atoms with Crippen LogP contribution in [0.2, 0.25) is 0 Å². The number of rotatable bonds is 10. The van der Waals surface area contributed by atoms with E-state index in [0.29, 0.717) is 11.5 Å². The summed E-state index contributed by atoms with van der Waals surface area (Å²) >= 11 is 0. The molecule has 0 fully saturated rings. The second-order valence-corrected chi connectivity index (χ2v) is 9.81. The molecular weight excluding hydrogens is 488 g/mol. The Morgan fingerprint density at radius 3 is 1.69 bits per heavy atom. The summed E-state index contributed by atoms with van der Waals surface area (Å²) in [7, 11) is 0. The monoisotopic (exact) mass is 520 g/mol. The molecule has 5 rings (SSSR count). The summed E-state index contributed by atoms with van der Waals surface area (Å²) in [6.07, 6.45) is 0.209. The van der Waals surface area contributed by atoms with Crippen LogP contribution in [0.25, 0.3) is 11.1 Å². The van der Waals surface area contributed by atoms with Crippen LogP contribution in [0.5, 0.6) is 11.5 Å². The zero-order valence-corrected chi connectivity index (χ0v) is 22.2. The number of aliphatic hydroxyl groups excluding tert-OH is 1. The number of carbonyl (C=O) groups excluding carboxylic acids is 1. The van der Waals surface area contributed by atoms with Gasteiger partial charge in [0.05, 0.1) is 11.5 Å². The molecule has 1 aliphatic carbocycles. The molecule has 2 atom stereocenters. The first-order valence-electron chi connectivity index (χ1n) is 13.1.